The van der Waals surface area contributed by atoms with Crippen molar-refractivity contribution < 1.29 is 18.0 Å². The summed E-state index contributed by atoms with van der Waals surface area (Å²) in [5.74, 6) is -0.760. The topological polar surface area (TPSA) is 60.9 Å². The van der Waals surface area contributed by atoms with Crippen molar-refractivity contribution in [2.24, 2.45) is 5.73 Å². The molecule has 3 rings (SSSR count). The Hall–Kier alpha value is -2.35. The van der Waals surface area contributed by atoms with Crippen LogP contribution in [0.25, 0.3) is 15.9 Å². The number of carbonyl (C=O) groups excluding carboxylic acids is 1. The van der Waals surface area contributed by atoms with Crippen LogP contribution in [0.1, 0.15) is 15.4 Å². The normalized spacial score (nSPS) is 12.0. The number of primary amides is 1. The van der Waals surface area contributed by atoms with Gasteiger partial charge in [0.1, 0.15) is 4.83 Å². The Morgan fingerprint density at radius 3 is 2.48 bits per heavy atom. The van der Waals surface area contributed by atoms with Crippen molar-refractivity contribution in [1.82, 2.24) is 9.78 Å². The van der Waals surface area contributed by atoms with Gasteiger partial charge in [0.05, 0.1) is 10.6 Å². The van der Waals surface area contributed by atoms with Crippen molar-refractivity contribution in [1.29, 1.82) is 0 Å². The molecule has 0 aliphatic rings. The molecule has 0 atom stereocenters. The number of carbonyl (C=O) groups is 1. The fourth-order valence-corrected chi connectivity index (χ4v) is 2.97. The van der Waals surface area contributed by atoms with Crippen molar-refractivity contribution in [3.63, 3.8) is 0 Å². The summed E-state index contributed by atoms with van der Waals surface area (Å²) in [4.78, 5) is 11.5. The molecule has 0 spiro atoms. The summed E-state index contributed by atoms with van der Waals surface area (Å²) in [7, 11) is 0. The first-order valence-corrected chi connectivity index (χ1v) is 6.64. The first kappa shape index (κ1) is 13.6. The van der Waals surface area contributed by atoms with Crippen molar-refractivity contribution in [2.45, 2.75) is 6.18 Å². The lowest BCUT2D eigenvalue weighted by molar-refractivity contribution is -0.140. The van der Waals surface area contributed by atoms with Crippen LogP contribution in [0, 0.1) is 0 Å². The molecule has 0 saturated carbocycles. The van der Waals surface area contributed by atoms with E-state index in [1.165, 1.54) is 4.68 Å². The van der Waals surface area contributed by atoms with E-state index in [2.05, 4.69) is 5.10 Å². The maximum atomic E-state index is 13.1. The van der Waals surface area contributed by atoms with Crippen LogP contribution in [0.3, 0.4) is 0 Å². The molecule has 4 nitrogen and oxygen atoms in total. The second-order valence-corrected chi connectivity index (χ2v) is 5.32. The first-order chi connectivity index (χ1) is 9.88. The monoisotopic (exact) mass is 311 g/mol. The van der Waals surface area contributed by atoms with Gasteiger partial charge in [-0.2, -0.15) is 18.3 Å². The minimum Gasteiger partial charge on any atom is -0.365 e. The second-order valence-electron chi connectivity index (χ2n) is 4.29. The number of thiophene rings is 1. The van der Waals surface area contributed by atoms with Gasteiger partial charge in [-0.15, -0.1) is 11.3 Å². The van der Waals surface area contributed by atoms with E-state index in [1.807, 2.05) is 0 Å². The van der Waals surface area contributed by atoms with E-state index in [4.69, 9.17) is 5.73 Å². The summed E-state index contributed by atoms with van der Waals surface area (Å²) in [6.45, 7) is 0. The van der Waals surface area contributed by atoms with Gasteiger partial charge in [-0.3, -0.25) is 4.79 Å². The number of aromatic nitrogens is 2. The lowest BCUT2D eigenvalue weighted by atomic mass is 10.3. The van der Waals surface area contributed by atoms with Gasteiger partial charge in [-0.1, -0.05) is 18.2 Å². The van der Waals surface area contributed by atoms with Gasteiger partial charge in [0.15, 0.2) is 5.69 Å². The summed E-state index contributed by atoms with van der Waals surface area (Å²) in [5.41, 5.74) is 4.60. The van der Waals surface area contributed by atoms with Crippen LogP contribution in [-0.2, 0) is 6.18 Å². The lowest BCUT2D eigenvalue weighted by Gasteiger charge is -2.03. The Balaban J connectivity index is 2.32. The first-order valence-electron chi connectivity index (χ1n) is 5.83. The van der Waals surface area contributed by atoms with Crippen LogP contribution in [0.2, 0.25) is 0 Å². The molecule has 0 aliphatic carbocycles. The van der Waals surface area contributed by atoms with Gasteiger partial charge in [0.25, 0.3) is 5.91 Å². The summed E-state index contributed by atoms with van der Waals surface area (Å²) in [5, 5.41) is 3.52. The van der Waals surface area contributed by atoms with Crippen molar-refractivity contribution in [3.05, 3.63) is 47.0 Å². The zero-order valence-corrected chi connectivity index (χ0v) is 11.2. The molecular formula is C13H8F3N3OS. The number of nitrogens with two attached hydrogens (primary N) is 1. The lowest BCUT2D eigenvalue weighted by Crippen LogP contribution is -2.10. The highest BCUT2D eigenvalue weighted by Gasteiger charge is 2.38. The number of hydrogen-bond donors (Lipinski definition) is 1. The molecule has 1 aromatic carbocycles. The van der Waals surface area contributed by atoms with Crippen molar-refractivity contribution >= 4 is 27.5 Å². The summed E-state index contributed by atoms with van der Waals surface area (Å²) in [6.07, 6.45) is -4.60. The van der Waals surface area contributed by atoms with E-state index in [9.17, 15) is 18.0 Å². The summed E-state index contributed by atoms with van der Waals surface area (Å²) < 4.78 is 40.4. The molecule has 1 amide bonds. The molecule has 2 aromatic heterocycles. The molecule has 0 saturated heterocycles. The third-order valence-electron chi connectivity index (χ3n) is 2.87. The molecule has 3 aromatic rings. The average Bonchev–Trinajstić information content (AvgIpc) is 2.96. The average molecular weight is 311 g/mol. The Labute approximate surface area is 120 Å². The molecule has 2 N–H and O–H groups in total. The predicted octanol–water partition coefficient (Wildman–Crippen LogP) is 3.20. The van der Waals surface area contributed by atoms with Crippen LogP contribution in [-0.4, -0.2) is 15.7 Å². The molecule has 8 heteroatoms. The number of rotatable bonds is 2. The highest BCUT2D eigenvalue weighted by molar-refractivity contribution is 7.20. The summed E-state index contributed by atoms with van der Waals surface area (Å²) in [6, 6.07) is 9.54. The third-order valence-corrected chi connectivity index (χ3v) is 4.00. The fourth-order valence-electron chi connectivity index (χ4n) is 1.98. The van der Waals surface area contributed by atoms with Gasteiger partial charge in [-0.05, 0) is 18.2 Å². The molecule has 0 unspecified atom stereocenters. The largest absolute Gasteiger partial charge is 0.435 e. The van der Waals surface area contributed by atoms with E-state index in [0.29, 0.717) is 5.69 Å². The zero-order chi connectivity index (χ0) is 15.2. The molecule has 0 bridgehead atoms. The Morgan fingerprint density at radius 2 is 1.90 bits per heavy atom. The van der Waals surface area contributed by atoms with Crippen LogP contribution >= 0.6 is 11.3 Å². The molecule has 0 aliphatic heterocycles. The SMILES string of the molecule is NC(=O)c1cc2c(C(F)(F)F)nn(-c3ccccc3)c2s1. The molecule has 2 heterocycles. The number of amides is 1. The van der Waals surface area contributed by atoms with E-state index < -0.39 is 17.8 Å². The quantitative estimate of drug-likeness (QED) is 0.790. The van der Waals surface area contributed by atoms with E-state index >= 15 is 0 Å². The van der Waals surface area contributed by atoms with Crippen molar-refractivity contribution in [3.8, 4) is 5.69 Å². The highest BCUT2D eigenvalue weighted by Crippen LogP contribution is 2.38. The van der Waals surface area contributed by atoms with Gasteiger partial charge < -0.3 is 5.73 Å². The van der Waals surface area contributed by atoms with Gasteiger partial charge in [0, 0.05) is 5.39 Å². The predicted molar refractivity (Wildman–Crippen MR) is 72.5 cm³/mol. The smallest absolute Gasteiger partial charge is 0.365 e. The van der Waals surface area contributed by atoms with Gasteiger partial charge >= 0.3 is 6.18 Å². The fraction of sp³-hybridized carbons (Fsp3) is 0.0769. The number of para-hydroxylation sites is 1. The molecule has 0 radical (unpaired) electrons. The third kappa shape index (κ3) is 2.27. The Bertz CT molecular complexity index is 820. The van der Waals surface area contributed by atoms with Crippen LogP contribution < -0.4 is 5.73 Å². The number of fused-ring (bicyclic) bond motifs is 1. The summed E-state index contributed by atoms with van der Waals surface area (Å²) >= 11 is 0.890. The molecule has 21 heavy (non-hydrogen) atoms. The Morgan fingerprint density at radius 1 is 1.24 bits per heavy atom. The van der Waals surface area contributed by atoms with Crippen LogP contribution in [0.5, 0.6) is 0 Å². The minimum atomic E-state index is -4.60. The maximum Gasteiger partial charge on any atom is 0.435 e. The van der Waals surface area contributed by atoms with Crippen LogP contribution in [0.15, 0.2) is 36.4 Å². The standard InChI is InChI=1S/C13H8F3N3OS/c14-13(15,16)10-8-6-9(11(17)20)21-12(8)19(18-10)7-4-2-1-3-5-7/h1-6H,(H2,17,20). The number of hydrogen-bond acceptors (Lipinski definition) is 3. The number of benzene rings is 1. The van der Waals surface area contributed by atoms with E-state index in [0.717, 1.165) is 17.4 Å². The van der Waals surface area contributed by atoms with Crippen LogP contribution in [0.4, 0.5) is 13.2 Å². The zero-order valence-electron chi connectivity index (χ0n) is 10.4. The maximum absolute atomic E-state index is 13.1. The van der Waals surface area contributed by atoms with E-state index in [1.54, 1.807) is 30.3 Å². The van der Waals surface area contributed by atoms with Gasteiger partial charge in [0.2, 0.25) is 0 Å². The number of halogens is 3. The number of alkyl halides is 3. The number of nitrogens with zero attached hydrogens (tertiary/aromatic N) is 2. The Kier molecular flexibility index (Phi) is 2.98. The van der Waals surface area contributed by atoms with E-state index in [-0.39, 0.29) is 15.1 Å². The molecular weight excluding hydrogens is 303 g/mol. The molecule has 0 fully saturated rings. The minimum absolute atomic E-state index is 0.0672. The highest BCUT2D eigenvalue weighted by atomic mass is 32.1. The van der Waals surface area contributed by atoms with Gasteiger partial charge in [-0.25, -0.2) is 4.68 Å². The second kappa shape index (κ2) is 4.59. The molecule has 108 valence electrons. The van der Waals surface area contributed by atoms with Crippen molar-refractivity contribution in [2.75, 3.05) is 0 Å².